The summed E-state index contributed by atoms with van der Waals surface area (Å²) in [6, 6.07) is 9.21. The number of nitrogens with zero attached hydrogens (tertiary/aromatic N) is 8. The summed E-state index contributed by atoms with van der Waals surface area (Å²) in [5.41, 5.74) is 8.14. The Morgan fingerprint density at radius 3 is 2.76 bits per heavy atom. The van der Waals surface area contributed by atoms with Crippen molar-refractivity contribution >= 4 is 39.2 Å². The van der Waals surface area contributed by atoms with Crippen molar-refractivity contribution in [3.63, 3.8) is 0 Å². The number of aryl methyl sites for hydroxylation is 1. The highest BCUT2D eigenvalue weighted by Crippen LogP contribution is 2.25. The van der Waals surface area contributed by atoms with Gasteiger partial charge < -0.3 is 5.73 Å². The number of imidazole rings is 1. The second-order valence-corrected chi connectivity index (χ2v) is 5.58. The third-order valence-electron chi connectivity index (χ3n) is 4.24. The predicted molar refractivity (Wildman–Crippen MR) is 88.9 cm³/mol. The lowest BCUT2D eigenvalue weighted by Gasteiger charge is -2.01. The first kappa shape index (κ1) is 13.4. The summed E-state index contributed by atoms with van der Waals surface area (Å²) < 4.78 is 4.22. The highest BCUT2D eigenvalue weighted by atomic mass is 16.1. The molecule has 2 N–H and O–H groups in total. The zero-order valence-corrected chi connectivity index (χ0v) is 12.9. The maximum absolute atomic E-state index is 12.8. The number of nitrogens with two attached hydrogens (primary N) is 1. The Morgan fingerprint density at radius 2 is 1.96 bits per heavy atom. The van der Waals surface area contributed by atoms with Crippen LogP contribution < -0.4 is 11.4 Å². The third kappa shape index (κ3) is 1.49. The number of rotatable bonds is 0. The molecule has 0 spiro atoms. The Morgan fingerprint density at radius 1 is 1.16 bits per heavy atom. The van der Waals surface area contributed by atoms with Gasteiger partial charge >= 0.3 is 5.69 Å². The second-order valence-electron chi connectivity index (χ2n) is 5.58. The van der Waals surface area contributed by atoms with E-state index in [1.165, 1.54) is 13.5 Å². The topological polar surface area (TPSA) is 132 Å². The molecule has 10 heteroatoms. The van der Waals surface area contributed by atoms with Crippen LogP contribution in [0.5, 0.6) is 0 Å². The van der Waals surface area contributed by atoms with E-state index in [9.17, 15) is 4.79 Å². The van der Waals surface area contributed by atoms with Crippen molar-refractivity contribution in [1.82, 2.24) is 33.8 Å². The van der Waals surface area contributed by atoms with Gasteiger partial charge in [-0.2, -0.15) is 9.78 Å². The molecule has 0 saturated carbocycles. The number of aromatic nitrogens is 7. The minimum atomic E-state index is -0.286. The number of para-hydroxylation sites is 2. The lowest BCUT2D eigenvalue weighted by molar-refractivity contribution is 0.808. The Balaban J connectivity index is 2.16. The van der Waals surface area contributed by atoms with Crippen LogP contribution in [0.2, 0.25) is 0 Å². The Labute approximate surface area is 138 Å². The van der Waals surface area contributed by atoms with Gasteiger partial charge in [0.2, 0.25) is 5.69 Å². The molecule has 5 aromatic rings. The molecule has 4 heterocycles. The molecule has 0 bridgehead atoms. The van der Waals surface area contributed by atoms with Gasteiger partial charge in [0, 0.05) is 7.05 Å². The van der Waals surface area contributed by atoms with Crippen LogP contribution in [0, 0.1) is 11.3 Å². The van der Waals surface area contributed by atoms with Gasteiger partial charge in [0.25, 0.3) is 0 Å². The van der Waals surface area contributed by atoms with Crippen molar-refractivity contribution in [2.75, 3.05) is 5.73 Å². The Hall–Kier alpha value is -4.00. The summed E-state index contributed by atoms with van der Waals surface area (Å²) in [5, 5.41) is 21.9. The first-order chi connectivity index (χ1) is 12.1. The molecule has 0 radical (unpaired) electrons. The van der Waals surface area contributed by atoms with Crippen molar-refractivity contribution in [2.24, 2.45) is 7.05 Å². The normalized spacial score (nSPS) is 11.7. The lowest BCUT2D eigenvalue weighted by Crippen LogP contribution is -2.24. The van der Waals surface area contributed by atoms with Gasteiger partial charge in [-0.1, -0.05) is 12.1 Å². The van der Waals surface area contributed by atoms with Crippen LogP contribution in [-0.2, 0) is 7.05 Å². The van der Waals surface area contributed by atoms with Crippen LogP contribution >= 0.6 is 0 Å². The minimum absolute atomic E-state index is 0.0326. The summed E-state index contributed by atoms with van der Waals surface area (Å²) in [6.07, 6.45) is 0. The molecular weight excluding hydrogens is 322 g/mol. The number of anilines is 1. The van der Waals surface area contributed by atoms with Crippen molar-refractivity contribution in [1.29, 1.82) is 5.26 Å². The van der Waals surface area contributed by atoms with Gasteiger partial charge in [0.1, 0.15) is 11.5 Å². The molecule has 10 nitrogen and oxygen atoms in total. The van der Waals surface area contributed by atoms with Crippen molar-refractivity contribution in [3.8, 4) is 6.07 Å². The molecule has 0 aliphatic rings. The molecule has 0 amide bonds. The fraction of sp³-hybridized carbons (Fsp3) is 0.0667. The number of hydrogen-bond acceptors (Lipinski definition) is 7. The standard InChI is InChI=1S/C15H9N9O/c1-22-14-10(13-20-19-8(6-16)11(17)24(13)21-14)12-18-7-4-2-3-5-9(7)23(12)15(22)25/h2-5H,17H2,1H3. The number of nitriles is 1. The molecule has 0 saturated heterocycles. The summed E-state index contributed by atoms with van der Waals surface area (Å²) >= 11 is 0. The lowest BCUT2D eigenvalue weighted by atomic mass is 10.3. The Bertz CT molecular complexity index is 1450. The molecule has 0 unspecified atom stereocenters. The summed E-state index contributed by atoms with van der Waals surface area (Å²) in [7, 11) is 1.61. The van der Waals surface area contributed by atoms with Gasteiger partial charge in [-0.15, -0.1) is 15.3 Å². The second kappa shape index (κ2) is 4.30. The maximum atomic E-state index is 12.8. The van der Waals surface area contributed by atoms with E-state index in [1.54, 1.807) is 7.05 Å². The third-order valence-corrected chi connectivity index (χ3v) is 4.24. The summed E-state index contributed by atoms with van der Waals surface area (Å²) in [6.45, 7) is 0. The quantitative estimate of drug-likeness (QED) is 0.429. The van der Waals surface area contributed by atoms with E-state index in [0.29, 0.717) is 33.4 Å². The number of hydrogen-bond donors (Lipinski definition) is 1. The van der Waals surface area contributed by atoms with Gasteiger partial charge in [0.15, 0.2) is 22.8 Å². The predicted octanol–water partition coefficient (Wildman–Crippen LogP) is 0.231. The van der Waals surface area contributed by atoms with E-state index in [1.807, 2.05) is 30.3 Å². The molecule has 4 aromatic heterocycles. The summed E-state index contributed by atoms with van der Waals surface area (Å²) in [4.78, 5) is 17.4. The van der Waals surface area contributed by atoms with E-state index in [0.717, 1.165) is 0 Å². The fourth-order valence-electron chi connectivity index (χ4n) is 3.05. The molecule has 5 rings (SSSR count). The SMILES string of the molecule is Cn1c(=O)n2c3ccccc3nc2c2c1nn1c(N)c(C#N)nnc21. The number of nitrogen functional groups attached to an aromatic ring is 1. The number of fused-ring (bicyclic) bond motifs is 7. The van der Waals surface area contributed by atoms with Crippen LogP contribution in [0.15, 0.2) is 29.1 Å². The van der Waals surface area contributed by atoms with Crippen molar-refractivity contribution in [3.05, 3.63) is 40.4 Å². The molecule has 0 fully saturated rings. The first-order valence-corrected chi connectivity index (χ1v) is 7.32. The van der Waals surface area contributed by atoms with Gasteiger partial charge in [-0.05, 0) is 12.1 Å². The summed E-state index contributed by atoms with van der Waals surface area (Å²) in [5.74, 6) is 0.0606. The molecule has 0 aliphatic heterocycles. The Kier molecular flexibility index (Phi) is 2.31. The zero-order chi connectivity index (χ0) is 17.3. The molecule has 120 valence electrons. The minimum Gasteiger partial charge on any atom is -0.381 e. The molecule has 1 aromatic carbocycles. The van der Waals surface area contributed by atoms with E-state index in [4.69, 9.17) is 11.0 Å². The van der Waals surface area contributed by atoms with Crippen LogP contribution in [-0.4, -0.2) is 33.8 Å². The van der Waals surface area contributed by atoms with E-state index < -0.39 is 0 Å². The molecule has 25 heavy (non-hydrogen) atoms. The largest absolute Gasteiger partial charge is 0.381 e. The molecule has 0 aliphatic carbocycles. The first-order valence-electron chi connectivity index (χ1n) is 7.32. The average Bonchev–Trinajstić information content (AvgIpc) is 3.19. The van der Waals surface area contributed by atoms with E-state index >= 15 is 0 Å². The smallest absolute Gasteiger partial charge is 0.335 e. The van der Waals surface area contributed by atoms with Crippen LogP contribution in [0.4, 0.5) is 5.82 Å². The van der Waals surface area contributed by atoms with E-state index in [-0.39, 0.29) is 17.2 Å². The number of benzene rings is 1. The molecular formula is C15H9N9O. The van der Waals surface area contributed by atoms with Crippen molar-refractivity contribution < 1.29 is 0 Å². The molecule has 0 atom stereocenters. The van der Waals surface area contributed by atoms with E-state index in [2.05, 4.69) is 20.3 Å². The zero-order valence-electron chi connectivity index (χ0n) is 12.9. The highest BCUT2D eigenvalue weighted by molar-refractivity contribution is 6.03. The van der Waals surface area contributed by atoms with Crippen LogP contribution in [0.3, 0.4) is 0 Å². The van der Waals surface area contributed by atoms with Crippen LogP contribution in [0.25, 0.3) is 33.4 Å². The van der Waals surface area contributed by atoms with Gasteiger partial charge in [-0.3, -0.25) is 4.57 Å². The average molecular weight is 331 g/mol. The maximum Gasteiger partial charge on any atom is 0.335 e. The highest BCUT2D eigenvalue weighted by Gasteiger charge is 2.21. The van der Waals surface area contributed by atoms with Crippen LogP contribution in [0.1, 0.15) is 5.69 Å². The van der Waals surface area contributed by atoms with Gasteiger partial charge in [-0.25, -0.2) is 14.2 Å². The van der Waals surface area contributed by atoms with Crippen molar-refractivity contribution in [2.45, 2.75) is 0 Å². The fourth-order valence-corrected chi connectivity index (χ4v) is 3.05. The monoisotopic (exact) mass is 331 g/mol. The van der Waals surface area contributed by atoms with Gasteiger partial charge in [0.05, 0.1) is 11.0 Å².